The fraction of sp³-hybridized carbons (Fsp3) is 0.636. The molecule has 0 saturated heterocycles. The van der Waals surface area contributed by atoms with E-state index in [4.69, 9.17) is 4.42 Å². The maximum absolute atomic E-state index is 5.41. The van der Waals surface area contributed by atoms with E-state index < -0.39 is 0 Å². The first-order chi connectivity index (χ1) is 6.11. The van der Waals surface area contributed by atoms with Gasteiger partial charge in [0.25, 0.3) is 0 Å². The molecular formula is C11H19NO. The third-order valence-corrected chi connectivity index (χ3v) is 2.81. The molecule has 0 fully saturated rings. The summed E-state index contributed by atoms with van der Waals surface area (Å²) in [7, 11) is 1.98. The molecule has 74 valence electrons. The quantitative estimate of drug-likeness (QED) is 0.772. The molecule has 0 bridgehead atoms. The largest absolute Gasteiger partial charge is 0.468 e. The zero-order valence-corrected chi connectivity index (χ0v) is 8.92. The van der Waals surface area contributed by atoms with Gasteiger partial charge < -0.3 is 9.73 Å². The van der Waals surface area contributed by atoms with Gasteiger partial charge in [0.05, 0.1) is 12.3 Å². The van der Waals surface area contributed by atoms with E-state index in [1.54, 1.807) is 6.26 Å². The van der Waals surface area contributed by atoms with Crippen LogP contribution < -0.4 is 5.32 Å². The molecule has 0 radical (unpaired) electrons. The van der Waals surface area contributed by atoms with Crippen LogP contribution in [0.5, 0.6) is 0 Å². The summed E-state index contributed by atoms with van der Waals surface area (Å²) in [5.74, 6) is 1.02. The Hall–Kier alpha value is -0.760. The molecule has 2 nitrogen and oxygen atoms in total. The standard InChI is InChI=1S/C11H19NO/c1-5-11(2,3)10(12-4)9-7-6-8-13-9/h6-8,10,12H,5H2,1-4H3. The Morgan fingerprint density at radius 1 is 1.54 bits per heavy atom. The molecule has 0 aliphatic carbocycles. The smallest absolute Gasteiger partial charge is 0.121 e. The van der Waals surface area contributed by atoms with Crippen molar-refractivity contribution in [3.05, 3.63) is 24.2 Å². The summed E-state index contributed by atoms with van der Waals surface area (Å²) in [5, 5.41) is 3.30. The molecule has 1 aromatic rings. The van der Waals surface area contributed by atoms with Crippen LogP contribution in [0.2, 0.25) is 0 Å². The molecule has 1 heterocycles. The molecule has 0 saturated carbocycles. The van der Waals surface area contributed by atoms with Gasteiger partial charge in [0.15, 0.2) is 0 Å². The number of rotatable bonds is 4. The molecule has 1 aromatic heterocycles. The molecule has 0 amide bonds. The molecule has 0 spiro atoms. The Balaban J connectivity index is 2.86. The monoisotopic (exact) mass is 181 g/mol. The fourth-order valence-electron chi connectivity index (χ4n) is 1.58. The first-order valence-corrected chi connectivity index (χ1v) is 4.82. The molecule has 2 heteroatoms. The third-order valence-electron chi connectivity index (χ3n) is 2.81. The van der Waals surface area contributed by atoms with Crippen molar-refractivity contribution in [2.75, 3.05) is 7.05 Å². The minimum atomic E-state index is 0.229. The second-order valence-corrected chi connectivity index (χ2v) is 4.08. The average Bonchev–Trinajstić information content (AvgIpc) is 2.58. The second-order valence-electron chi connectivity index (χ2n) is 4.08. The molecule has 13 heavy (non-hydrogen) atoms. The van der Waals surface area contributed by atoms with Gasteiger partial charge in [0.1, 0.15) is 5.76 Å². The van der Waals surface area contributed by atoms with Crippen LogP contribution in [0.1, 0.15) is 39.0 Å². The molecule has 1 atom stereocenters. The number of nitrogens with one attached hydrogen (secondary N) is 1. The molecule has 0 aliphatic heterocycles. The van der Waals surface area contributed by atoms with Gasteiger partial charge in [-0.3, -0.25) is 0 Å². The van der Waals surface area contributed by atoms with E-state index in [1.165, 1.54) is 0 Å². The van der Waals surface area contributed by atoms with Crippen LogP contribution in [0.3, 0.4) is 0 Å². The van der Waals surface area contributed by atoms with Crippen molar-refractivity contribution in [2.24, 2.45) is 5.41 Å². The maximum Gasteiger partial charge on any atom is 0.121 e. The maximum atomic E-state index is 5.41. The van der Waals surface area contributed by atoms with Gasteiger partial charge in [-0.2, -0.15) is 0 Å². The van der Waals surface area contributed by atoms with Gasteiger partial charge in [-0.15, -0.1) is 0 Å². The predicted molar refractivity (Wildman–Crippen MR) is 54.6 cm³/mol. The van der Waals surface area contributed by atoms with Gasteiger partial charge in [-0.1, -0.05) is 20.8 Å². The Bertz CT molecular complexity index is 239. The van der Waals surface area contributed by atoms with E-state index in [-0.39, 0.29) is 5.41 Å². The van der Waals surface area contributed by atoms with Gasteiger partial charge >= 0.3 is 0 Å². The summed E-state index contributed by atoms with van der Waals surface area (Å²) in [4.78, 5) is 0. The predicted octanol–water partition coefficient (Wildman–Crippen LogP) is 2.98. The van der Waals surface area contributed by atoms with Crippen molar-refractivity contribution in [3.8, 4) is 0 Å². The molecule has 0 aromatic carbocycles. The van der Waals surface area contributed by atoms with Gasteiger partial charge in [-0.25, -0.2) is 0 Å². The third kappa shape index (κ3) is 2.13. The summed E-state index contributed by atoms with van der Waals surface area (Å²) >= 11 is 0. The van der Waals surface area contributed by atoms with E-state index in [2.05, 4.69) is 26.1 Å². The fourth-order valence-corrected chi connectivity index (χ4v) is 1.58. The van der Waals surface area contributed by atoms with Crippen LogP contribution in [-0.4, -0.2) is 7.05 Å². The SMILES string of the molecule is CCC(C)(C)C(NC)c1ccco1. The van der Waals surface area contributed by atoms with Crippen LogP contribution in [-0.2, 0) is 0 Å². The minimum Gasteiger partial charge on any atom is -0.468 e. The lowest BCUT2D eigenvalue weighted by Gasteiger charge is -2.31. The van der Waals surface area contributed by atoms with Crippen LogP contribution in [0.25, 0.3) is 0 Å². The molecule has 0 aliphatic rings. The summed E-state index contributed by atoms with van der Waals surface area (Å²) in [5.41, 5.74) is 0.229. The highest BCUT2D eigenvalue weighted by Crippen LogP contribution is 2.35. The van der Waals surface area contributed by atoms with Crippen molar-refractivity contribution in [1.82, 2.24) is 5.32 Å². The highest BCUT2D eigenvalue weighted by Gasteiger charge is 2.29. The van der Waals surface area contributed by atoms with Crippen LogP contribution in [0.4, 0.5) is 0 Å². The normalized spacial score (nSPS) is 14.5. The Morgan fingerprint density at radius 2 is 2.23 bits per heavy atom. The van der Waals surface area contributed by atoms with Gasteiger partial charge in [0, 0.05) is 0 Å². The highest BCUT2D eigenvalue weighted by atomic mass is 16.3. The second kappa shape index (κ2) is 3.97. The van der Waals surface area contributed by atoms with Crippen LogP contribution in [0, 0.1) is 5.41 Å². The zero-order valence-electron chi connectivity index (χ0n) is 8.92. The molecular weight excluding hydrogens is 162 g/mol. The van der Waals surface area contributed by atoms with E-state index in [1.807, 2.05) is 19.2 Å². The van der Waals surface area contributed by atoms with Crippen molar-refractivity contribution < 1.29 is 4.42 Å². The lowest BCUT2D eigenvalue weighted by Crippen LogP contribution is -2.31. The first kappa shape index (κ1) is 10.3. The van der Waals surface area contributed by atoms with Crippen LogP contribution in [0.15, 0.2) is 22.8 Å². The van der Waals surface area contributed by atoms with Gasteiger partial charge in [0.2, 0.25) is 0 Å². The minimum absolute atomic E-state index is 0.229. The lowest BCUT2D eigenvalue weighted by atomic mass is 9.81. The van der Waals surface area contributed by atoms with Crippen LogP contribution >= 0.6 is 0 Å². The molecule has 1 rings (SSSR count). The number of hydrogen-bond acceptors (Lipinski definition) is 2. The lowest BCUT2D eigenvalue weighted by molar-refractivity contribution is 0.216. The summed E-state index contributed by atoms with van der Waals surface area (Å²) in [6.45, 7) is 6.70. The Morgan fingerprint density at radius 3 is 2.62 bits per heavy atom. The van der Waals surface area contributed by atoms with Crippen molar-refractivity contribution in [1.29, 1.82) is 0 Å². The van der Waals surface area contributed by atoms with E-state index >= 15 is 0 Å². The van der Waals surface area contributed by atoms with Crippen molar-refractivity contribution in [2.45, 2.75) is 33.2 Å². The summed E-state index contributed by atoms with van der Waals surface area (Å²) in [6.07, 6.45) is 2.85. The number of hydrogen-bond donors (Lipinski definition) is 1. The molecule has 1 unspecified atom stereocenters. The zero-order chi connectivity index (χ0) is 9.90. The van der Waals surface area contributed by atoms with E-state index in [9.17, 15) is 0 Å². The topological polar surface area (TPSA) is 25.2 Å². The van der Waals surface area contributed by atoms with E-state index in [0.717, 1.165) is 12.2 Å². The Kier molecular flexibility index (Phi) is 3.15. The van der Waals surface area contributed by atoms with E-state index in [0.29, 0.717) is 6.04 Å². The summed E-state index contributed by atoms with van der Waals surface area (Å²) < 4.78 is 5.41. The Labute approximate surface area is 80.3 Å². The van der Waals surface area contributed by atoms with Crippen molar-refractivity contribution >= 4 is 0 Å². The van der Waals surface area contributed by atoms with Gasteiger partial charge in [-0.05, 0) is 31.0 Å². The highest BCUT2D eigenvalue weighted by molar-refractivity contribution is 5.07. The first-order valence-electron chi connectivity index (χ1n) is 4.82. The molecule has 1 N–H and O–H groups in total. The average molecular weight is 181 g/mol. The number of furan rings is 1. The van der Waals surface area contributed by atoms with Crippen molar-refractivity contribution in [3.63, 3.8) is 0 Å². The summed E-state index contributed by atoms with van der Waals surface area (Å²) in [6, 6.07) is 4.26.